The minimum absolute atomic E-state index is 0.0601. The summed E-state index contributed by atoms with van der Waals surface area (Å²) in [5.74, 6) is 0.198. The normalized spacial score (nSPS) is 23.0. The summed E-state index contributed by atoms with van der Waals surface area (Å²) in [6.07, 6.45) is 0.745. The lowest BCUT2D eigenvalue weighted by atomic mass is 10.3. The van der Waals surface area contributed by atoms with Crippen LogP contribution in [0.25, 0.3) is 0 Å². The highest BCUT2D eigenvalue weighted by atomic mass is 32.2. The molecule has 0 aromatic carbocycles. The number of thioether (sulfide) groups is 1. The van der Waals surface area contributed by atoms with Crippen molar-refractivity contribution >= 4 is 34.9 Å². The van der Waals surface area contributed by atoms with Gasteiger partial charge in [-0.05, 0) is 19.1 Å². The molecule has 1 unspecified atom stereocenters. The van der Waals surface area contributed by atoms with Gasteiger partial charge in [0.25, 0.3) is 0 Å². The monoisotopic (exact) mass is 231 g/mol. The molecule has 1 aliphatic heterocycles. The van der Waals surface area contributed by atoms with Crippen LogP contribution < -0.4 is 0 Å². The van der Waals surface area contributed by atoms with Crippen LogP contribution in [0.3, 0.4) is 0 Å². The second-order valence-electron chi connectivity index (χ2n) is 4.07. The molecule has 1 heterocycles. The van der Waals surface area contributed by atoms with E-state index in [9.17, 15) is 4.79 Å². The largest absolute Gasteiger partial charge is 0.303 e. The molecule has 4 heteroatoms. The zero-order chi connectivity index (χ0) is 10.9. The summed E-state index contributed by atoms with van der Waals surface area (Å²) < 4.78 is 0. The third-order valence-corrected chi connectivity index (χ3v) is 3.70. The Balaban J connectivity index is 2.69. The first-order chi connectivity index (χ1) is 6.43. The average molecular weight is 231 g/mol. The maximum absolute atomic E-state index is 11.9. The van der Waals surface area contributed by atoms with Gasteiger partial charge in [0, 0.05) is 12.5 Å². The van der Waals surface area contributed by atoms with E-state index in [0.29, 0.717) is 5.25 Å². The highest BCUT2D eigenvalue weighted by Crippen LogP contribution is 2.29. The van der Waals surface area contributed by atoms with Gasteiger partial charge in [0.1, 0.15) is 0 Å². The lowest BCUT2D eigenvalue weighted by Gasteiger charge is -2.21. The summed E-state index contributed by atoms with van der Waals surface area (Å²) in [6, 6.07) is 0.202. The molecule has 1 saturated heterocycles. The number of hydrogen-bond acceptors (Lipinski definition) is 3. The van der Waals surface area contributed by atoms with Crippen molar-refractivity contribution in [3.8, 4) is 0 Å². The van der Waals surface area contributed by atoms with Gasteiger partial charge in [0.15, 0.2) is 0 Å². The van der Waals surface area contributed by atoms with E-state index in [1.807, 2.05) is 13.8 Å². The number of amides is 1. The van der Waals surface area contributed by atoms with E-state index in [-0.39, 0.29) is 17.2 Å². The summed E-state index contributed by atoms with van der Waals surface area (Å²) >= 11 is 6.93. The molecule has 1 amide bonds. The Kier molecular flexibility index (Phi) is 3.95. The summed E-state index contributed by atoms with van der Waals surface area (Å²) in [6.45, 7) is 8.23. The highest BCUT2D eigenvalue weighted by molar-refractivity contribution is 8.01. The maximum Gasteiger partial charge on any atom is 0.241 e. The Morgan fingerprint density at radius 1 is 1.43 bits per heavy atom. The van der Waals surface area contributed by atoms with Crippen LogP contribution in [0.2, 0.25) is 0 Å². The van der Waals surface area contributed by atoms with Crippen molar-refractivity contribution < 1.29 is 4.79 Å². The molecule has 0 aromatic heterocycles. The molecule has 0 aromatic rings. The standard InChI is InChI=1S/C10H17NOS2/c1-6(2)11-9(13)5-8(10(11)12)14-7(3)4/h6-8H,5H2,1-4H3. The van der Waals surface area contributed by atoms with Crippen molar-refractivity contribution in [1.29, 1.82) is 0 Å². The predicted molar refractivity (Wildman–Crippen MR) is 65.7 cm³/mol. The summed E-state index contributed by atoms with van der Waals surface area (Å²) in [4.78, 5) is 14.5. The van der Waals surface area contributed by atoms with Gasteiger partial charge in [-0.15, -0.1) is 11.8 Å². The van der Waals surface area contributed by atoms with Crippen molar-refractivity contribution in [2.24, 2.45) is 0 Å². The Morgan fingerprint density at radius 2 is 2.00 bits per heavy atom. The Bertz CT molecular complexity index is 251. The van der Waals surface area contributed by atoms with E-state index in [4.69, 9.17) is 12.2 Å². The van der Waals surface area contributed by atoms with E-state index < -0.39 is 0 Å². The summed E-state index contributed by atoms with van der Waals surface area (Å²) in [5, 5.41) is 0.545. The smallest absolute Gasteiger partial charge is 0.241 e. The highest BCUT2D eigenvalue weighted by Gasteiger charge is 2.37. The topological polar surface area (TPSA) is 20.3 Å². The van der Waals surface area contributed by atoms with Crippen LogP contribution in [0, 0.1) is 0 Å². The molecule has 0 N–H and O–H groups in total. The fourth-order valence-corrected chi connectivity index (χ4v) is 3.31. The number of thiocarbonyl (C=S) groups is 1. The van der Waals surface area contributed by atoms with Gasteiger partial charge in [-0.25, -0.2) is 0 Å². The Labute approximate surface area is 95.4 Å². The summed E-state index contributed by atoms with van der Waals surface area (Å²) in [5.41, 5.74) is 0. The van der Waals surface area contributed by atoms with E-state index >= 15 is 0 Å². The minimum Gasteiger partial charge on any atom is -0.303 e. The molecule has 0 bridgehead atoms. The first-order valence-electron chi connectivity index (χ1n) is 4.94. The number of carbonyl (C=O) groups is 1. The van der Waals surface area contributed by atoms with Crippen LogP contribution in [0.5, 0.6) is 0 Å². The molecule has 80 valence electrons. The fourth-order valence-electron chi connectivity index (χ4n) is 1.60. The van der Waals surface area contributed by atoms with Crippen LogP contribution in [0.1, 0.15) is 34.1 Å². The molecule has 1 aliphatic rings. The molecule has 1 rings (SSSR count). The van der Waals surface area contributed by atoms with Gasteiger partial charge in [-0.1, -0.05) is 26.1 Å². The minimum atomic E-state index is 0.0601. The van der Waals surface area contributed by atoms with E-state index in [1.165, 1.54) is 0 Å². The number of hydrogen-bond donors (Lipinski definition) is 0. The molecule has 2 nitrogen and oxygen atoms in total. The van der Waals surface area contributed by atoms with E-state index in [1.54, 1.807) is 16.7 Å². The first-order valence-corrected chi connectivity index (χ1v) is 6.30. The Hall–Kier alpha value is -0.0900. The van der Waals surface area contributed by atoms with Gasteiger partial charge in [0.2, 0.25) is 5.91 Å². The molecule has 0 spiro atoms. The van der Waals surface area contributed by atoms with Gasteiger partial charge < -0.3 is 4.90 Å². The first kappa shape index (κ1) is 12.0. The second kappa shape index (κ2) is 4.62. The van der Waals surface area contributed by atoms with E-state index in [0.717, 1.165) is 11.4 Å². The molecular weight excluding hydrogens is 214 g/mol. The quantitative estimate of drug-likeness (QED) is 0.696. The number of nitrogens with zero attached hydrogens (tertiary/aromatic N) is 1. The fraction of sp³-hybridized carbons (Fsp3) is 0.800. The second-order valence-corrected chi connectivity index (χ2v) is 6.33. The molecule has 14 heavy (non-hydrogen) atoms. The molecule has 1 fully saturated rings. The Morgan fingerprint density at radius 3 is 2.36 bits per heavy atom. The van der Waals surface area contributed by atoms with Crippen molar-refractivity contribution in [3.05, 3.63) is 0 Å². The van der Waals surface area contributed by atoms with Gasteiger partial charge in [-0.2, -0.15) is 0 Å². The molecular formula is C10H17NOS2. The van der Waals surface area contributed by atoms with Crippen molar-refractivity contribution in [3.63, 3.8) is 0 Å². The van der Waals surface area contributed by atoms with Crippen LogP contribution in [0.15, 0.2) is 0 Å². The molecule has 0 radical (unpaired) electrons. The molecule has 0 aliphatic carbocycles. The van der Waals surface area contributed by atoms with Crippen LogP contribution in [-0.2, 0) is 4.79 Å². The number of carbonyl (C=O) groups excluding carboxylic acids is 1. The van der Waals surface area contributed by atoms with Gasteiger partial charge in [0.05, 0.1) is 10.2 Å². The number of likely N-dealkylation sites (tertiary alicyclic amines) is 1. The van der Waals surface area contributed by atoms with Crippen molar-refractivity contribution in [2.75, 3.05) is 0 Å². The molecule has 1 atom stereocenters. The third kappa shape index (κ3) is 2.48. The summed E-state index contributed by atoms with van der Waals surface area (Å²) in [7, 11) is 0. The SMILES string of the molecule is CC(C)SC1CC(=S)N(C(C)C)C1=O. The average Bonchev–Trinajstić information content (AvgIpc) is 2.25. The third-order valence-electron chi connectivity index (χ3n) is 2.09. The maximum atomic E-state index is 11.9. The van der Waals surface area contributed by atoms with E-state index in [2.05, 4.69) is 13.8 Å². The predicted octanol–water partition coefficient (Wildman–Crippen LogP) is 2.46. The zero-order valence-corrected chi connectivity index (χ0v) is 10.7. The zero-order valence-electron chi connectivity index (χ0n) is 9.11. The lowest BCUT2D eigenvalue weighted by Crippen LogP contribution is -2.36. The van der Waals surface area contributed by atoms with Crippen molar-refractivity contribution in [2.45, 2.75) is 50.7 Å². The number of rotatable bonds is 3. The van der Waals surface area contributed by atoms with Gasteiger partial charge in [-0.3, -0.25) is 4.79 Å². The van der Waals surface area contributed by atoms with Crippen LogP contribution in [-0.4, -0.2) is 32.3 Å². The van der Waals surface area contributed by atoms with Gasteiger partial charge >= 0.3 is 0 Å². The lowest BCUT2D eigenvalue weighted by molar-refractivity contribution is -0.126. The van der Waals surface area contributed by atoms with Crippen LogP contribution >= 0.6 is 24.0 Å². The van der Waals surface area contributed by atoms with Crippen LogP contribution in [0.4, 0.5) is 0 Å². The molecule has 0 saturated carbocycles. The van der Waals surface area contributed by atoms with Crippen molar-refractivity contribution in [1.82, 2.24) is 4.90 Å².